The first kappa shape index (κ1) is 10.8. The van der Waals surface area contributed by atoms with Gasteiger partial charge in [0, 0.05) is 13.2 Å². The molecule has 0 atom stereocenters. The molecule has 0 aliphatic carbocycles. The summed E-state index contributed by atoms with van der Waals surface area (Å²) in [5.41, 5.74) is 1.22. The van der Waals surface area contributed by atoms with Crippen LogP contribution in [-0.4, -0.2) is 24.3 Å². The fourth-order valence-electron chi connectivity index (χ4n) is 1.15. The summed E-state index contributed by atoms with van der Waals surface area (Å²) in [5, 5.41) is 3.52. The average molecular weight is 192 g/mol. The summed E-state index contributed by atoms with van der Waals surface area (Å²) in [6.45, 7) is 4.49. The highest BCUT2D eigenvalue weighted by molar-refractivity contribution is 5.14. The van der Waals surface area contributed by atoms with Gasteiger partial charge >= 0.3 is 0 Å². The molecule has 3 nitrogen and oxygen atoms in total. The summed E-state index contributed by atoms with van der Waals surface area (Å²) >= 11 is 0. The minimum atomic E-state index is 0.759. The second-order valence-electron chi connectivity index (χ2n) is 2.91. The van der Waals surface area contributed by atoms with Crippen molar-refractivity contribution in [2.24, 2.45) is 0 Å². The lowest BCUT2D eigenvalue weighted by atomic mass is 10.2. The zero-order valence-corrected chi connectivity index (χ0v) is 8.68. The van der Waals surface area contributed by atoms with E-state index in [0.29, 0.717) is 0 Å². The van der Waals surface area contributed by atoms with Crippen LogP contribution in [0.3, 0.4) is 0 Å². The van der Waals surface area contributed by atoms with Gasteiger partial charge in [-0.3, -0.25) is 9.85 Å². The summed E-state index contributed by atoms with van der Waals surface area (Å²) in [7, 11) is 3.46. The molecule has 0 heterocycles. The van der Waals surface area contributed by atoms with Crippen LogP contribution in [-0.2, 0) is 11.4 Å². The van der Waals surface area contributed by atoms with Crippen LogP contribution in [0.25, 0.3) is 0 Å². The van der Waals surface area contributed by atoms with Crippen molar-refractivity contribution in [3.8, 4) is 0 Å². The minimum absolute atomic E-state index is 0.759. The Morgan fingerprint density at radius 3 is 2.50 bits per heavy atom. The number of nitrogens with zero attached hydrogens (tertiary/aromatic N) is 2. The lowest BCUT2D eigenvalue weighted by Gasteiger charge is -2.28. The number of hydroxylamine groups is 1. The monoisotopic (exact) mass is 192 g/mol. The molecule has 0 saturated carbocycles. The Morgan fingerprint density at radius 1 is 1.36 bits per heavy atom. The van der Waals surface area contributed by atoms with E-state index in [1.54, 1.807) is 18.5 Å². The molecule has 1 aromatic carbocycles. The lowest BCUT2D eigenvalue weighted by Crippen LogP contribution is -2.33. The Hall–Kier alpha value is -1.32. The van der Waals surface area contributed by atoms with Gasteiger partial charge in [-0.2, -0.15) is 0 Å². The molecule has 0 aliphatic heterocycles. The van der Waals surface area contributed by atoms with E-state index in [0.717, 1.165) is 6.54 Å². The SMILES string of the molecule is C=CN(Cc1ccccc1)N(C)OC. The largest absolute Gasteiger partial charge is 0.287 e. The van der Waals surface area contributed by atoms with Gasteiger partial charge in [0.2, 0.25) is 0 Å². The second-order valence-corrected chi connectivity index (χ2v) is 2.91. The smallest absolute Gasteiger partial charge is 0.0612 e. The van der Waals surface area contributed by atoms with Crippen LogP contribution >= 0.6 is 0 Å². The Bertz CT molecular complexity index is 274. The molecule has 0 unspecified atom stereocenters. The van der Waals surface area contributed by atoms with Gasteiger partial charge in [0.05, 0.1) is 13.7 Å². The minimum Gasteiger partial charge on any atom is -0.287 e. The molecule has 0 saturated heterocycles. The summed E-state index contributed by atoms with van der Waals surface area (Å²) < 4.78 is 0. The fraction of sp³-hybridized carbons (Fsp3) is 0.273. The Morgan fingerprint density at radius 2 is 2.00 bits per heavy atom. The van der Waals surface area contributed by atoms with Crippen LogP contribution in [0, 0.1) is 0 Å². The molecule has 0 aromatic heterocycles. The average Bonchev–Trinajstić information content (AvgIpc) is 2.26. The first-order valence-corrected chi connectivity index (χ1v) is 4.48. The molecule has 76 valence electrons. The normalized spacial score (nSPS) is 10.2. The maximum absolute atomic E-state index is 5.06. The van der Waals surface area contributed by atoms with Crippen molar-refractivity contribution in [3.63, 3.8) is 0 Å². The van der Waals surface area contributed by atoms with Gasteiger partial charge in [-0.05, 0) is 5.56 Å². The molecule has 0 amide bonds. The lowest BCUT2D eigenvalue weighted by molar-refractivity contribution is -0.233. The van der Waals surface area contributed by atoms with E-state index in [9.17, 15) is 0 Å². The van der Waals surface area contributed by atoms with Crippen LogP contribution in [0.2, 0.25) is 0 Å². The van der Waals surface area contributed by atoms with Crippen molar-refractivity contribution in [2.45, 2.75) is 6.54 Å². The Balaban J connectivity index is 2.61. The van der Waals surface area contributed by atoms with Gasteiger partial charge < -0.3 is 0 Å². The quantitative estimate of drug-likeness (QED) is 0.664. The molecule has 3 heteroatoms. The molecule has 0 spiro atoms. The van der Waals surface area contributed by atoms with Crippen molar-refractivity contribution in [1.82, 2.24) is 10.2 Å². The van der Waals surface area contributed by atoms with Crippen LogP contribution < -0.4 is 0 Å². The third-order valence-electron chi connectivity index (χ3n) is 2.02. The van der Waals surface area contributed by atoms with E-state index in [1.807, 2.05) is 30.3 Å². The van der Waals surface area contributed by atoms with Crippen molar-refractivity contribution in [2.75, 3.05) is 14.2 Å². The van der Waals surface area contributed by atoms with Crippen molar-refractivity contribution in [3.05, 3.63) is 48.7 Å². The van der Waals surface area contributed by atoms with Gasteiger partial charge in [0.15, 0.2) is 0 Å². The van der Waals surface area contributed by atoms with E-state index in [2.05, 4.69) is 18.7 Å². The van der Waals surface area contributed by atoms with Crippen molar-refractivity contribution >= 4 is 0 Å². The summed E-state index contributed by atoms with van der Waals surface area (Å²) in [5.74, 6) is 0. The van der Waals surface area contributed by atoms with Crippen LogP contribution in [0.5, 0.6) is 0 Å². The molecule has 1 aromatic rings. The fourth-order valence-corrected chi connectivity index (χ4v) is 1.15. The zero-order chi connectivity index (χ0) is 10.4. The molecule has 0 aliphatic rings. The van der Waals surface area contributed by atoms with E-state index < -0.39 is 0 Å². The summed E-state index contributed by atoms with van der Waals surface area (Å²) in [4.78, 5) is 5.06. The van der Waals surface area contributed by atoms with Crippen LogP contribution in [0.1, 0.15) is 5.56 Å². The first-order chi connectivity index (χ1) is 6.77. The summed E-state index contributed by atoms with van der Waals surface area (Å²) in [6, 6.07) is 10.2. The van der Waals surface area contributed by atoms with Gasteiger partial charge in [0.1, 0.15) is 0 Å². The molecule has 0 fully saturated rings. The molecule has 0 radical (unpaired) electrons. The maximum atomic E-state index is 5.06. The molecular formula is C11H16N2O. The van der Waals surface area contributed by atoms with Crippen molar-refractivity contribution in [1.29, 1.82) is 0 Å². The number of hydrogen-bond donors (Lipinski definition) is 0. The Labute approximate surface area is 85.1 Å². The maximum Gasteiger partial charge on any atom is 0.0612 e. The van der Waals surface area contributed by atoms with Gasteiger partial charge in [-0.1, -0.05) is 36.9 Å². The topological polar surface area (TPSA) is 15.7 Å². The Kier molecular flexibility index (Phi) is 4.16. The van der Waals surface area contributed by atoms with E-state index in [-0.39, 0.29) is 0 Å². The first-order valence-electron chi connectivity index (χ1n) is 4.48. The van der Waals surface area contributed by atoms with Gasteiger partial charge in [-0.15, -0.1) is 5.17 Å². The highest BCUT2D eigenvalue weighted by Gasteiger charge is 2.04. The predicted octanol–water partition coefficient (Wildman–Crippen LogP) is 2.04. The van der Waals surface area contributed by atoms with E-state index in [1.165, 1.54) is 5.56 Å². The van der Waals surface area contributed by atoms with Crippen molar-refractivity contribution < 1.29 is 4.84 Å². The third kappa shape index (κ3) is 2.87. The molecule has 0 N–H and O–H groups in total. The summed E-state index contributed by atoms with van der Waals surface area (Å²) in [6.07, 6.45) is 1.73. The number of rotatable bonds is 5. The zero-order valence-electron chi connectivity index (χ0n) is 8.68. The molecular weight excluding hydrogens is 176 g/mol. The molecule has 14 heavy (non-hydrogen) atoms. The molecule has 0 bridgehead atoms. The van der Waals surface area contributed by atoms with E-state index >= 15 is 0 Å². The second kappa shape index (κ2) is 5.42. The standard InChI is InChI=1S/C11H16N2O/c1-4-13(12(2)14-3)10-11-8-6-5-7-9-11/h4-9H,1,10H2,2-3H3. The highest BCUT2D eigenvalue weighted by atomic mass is 16.7. The molecule has 1 rings (SSSR count). The van der Waals surface area contributed by atoms with E-state index in [4.69, 9.17) is 4.84 Å². The highest BCUT2D eigenvalue weighted by Crippen LogP contribution is 2.06. The third-order valence-corrected chi connectivity index (χ3v) is 2.02. The van der Waals surface area contributed by atoms with Crippen LogP contribution in [0.4, 0.5) is 0 Å². The van der Waals surface area contributed by atoms with Gasteiger partial charge in [0.25, 0.3) is 0 Å². The number of benzene rings is 1. The predicted molar refractivity (Wildman–Crippen MR) is 57.0 cm³/mol. The number of hydrazine groups is 1. The number of hydrogen-bond acceptors (Lipinski definition) is 3. The van der Waals surface area contributed by atoms with Gasteiger partial charge in [-0.25, -0.2) is 0 Å². The van der Waals surface area contributed by atoms with Crippen LogP contribution in [0.15, 0.2) is 43.1 Å².